The van der Waals surface area contributed by atoms with E-state index in [0.29, 0.717) is 0 Å². The van der Waals surface area contributed by atoms with Crippen molar-refractivity contribution in [3.05, 3.63) is 104 Å². The average molecular weight is 462 g/mol. The molecule has 27 heavy (non-hydrogen) atoms. The monoisotopic (exact) mass is 462 g/mol. The Kier molecular flexibility index (Phi) is 4.59. The van der Waals surface area contributed by atoms with Gasteiger partial charge in [0.2, 0.25) is 0 Å². The van der Waals surface area contributed by atoms with Crippen LogP contribution in [-0.2, 0) is 5.41 Å². The van der Waals surface area contributed by atoms with Crippen molar-refractivity contribution in [3.8, 4) is 11.1 Å². The first kappa shape index (κ1) is 18.2. The average Bonchev–Trinajstić information content (AvgIpc) is 2.90. The topological polar surface area (TPSA) is 0 Å². The molecule has 0 aromatic heterocycles. The smallest absolute Gasteiger partial charge is 0.0159 e. The highest BCUT2D eigenvalue weighted by Crippen LogP contribution is 2.49. The van der Waals surface area contributed by atoms with Crippen LogP contribution in [0.5, 0.6) is 0 Å². The molecular weight excluding hydrogens is 439 g/mol. The van der Waals surface area contributed by atoms with Gasteiger partial charge in [-0.15, -0.1) is 0 Å². The third-order valence-electron chi connectivity index (χ3n) is 5.72. The molecule has 0 nitrogen and oxygen atoms in total. The first-order valence-electron chi connectivity index (χ1n) is 9.31. The highest BCUT2D eigenvalue weighted by atomic mass is 127. The van der Waals surface area contributed by atoms with Crippen LogP contribution in [0.1, 0.15) is 37.5 Å². The molecule has 0 radical (unpaired) electrons. The van der Waals surface area contributed by atoms with Crippen LogP contribution in [0.15, 0.2) is 73.3 Å². The van der Waals surface area contributed by atoms with Gasteiger partial charge < -0.3 is 0 Å². The van der Waals surface area contributed by atoms with Crippen LogP contribution in [0.2, 0.25) is 0 Å². The van der Waals surface area contributed by atoms with Gasteiger partial charge in [0.1, 0.15) is 0 Å². The number of rotatable bonds is 2. The van der Waals surface area contributed by atoms with E-state index >= 15 is 0 Å². The lowest BCUT2D eigenvalue weighted by atomic mass is 9.81. The number of hydrogen-bond donors (Lipinski definition) is 0. The Balaban J connectivity index is 2.00. The van der Waals surface area contributed by atoms with Gasteiger partial charge in [0.05, 0.1) is 0 Å². The van der Waals surface area contributed by atoms with Crippen LogP contribution in [0.25, 0.3) is 22.8 Å². The molecule has 0 bridgehead atoms. The van der Waals surface area contributed by atoms with E-state index in [1.54, 1.807) is 0 Å². The van der Waals surface area contributed by atoms with Crippen LogP contribution < -0.4 is 10.4 Å². The molecule has 4 rings (SSSR count). The molecular formula is C26H23I. The minimum Gasteiger partial charge on any atom is -0.0984 e. The summed E-state index contributed by atoms with van der Waals surface area (Å²) in [7, 11) is 0. The second kappa shape index (κ2) is 6.79. The van der Waals surface area contributed by atoms with E-state index in [-0.39, 0.29) is 5.41 Å². The number of halogens is 1. The number of benzene rings is 3. The second-order valence-electron chi connectivity index (χ2n) is 7.57. The van der Waals surface area contributed by atoms with Crippen molar-refractivity contribution in [2.45, 2.75) is 26.2 Å². The maximum atomic E-state index is 4.12. The van der Waals surface area contributed by atoms with Crippen LogP contribution >= 0.6 is 22.6 Å². The summed E-state index contributed by atoms with van der Waals surface area (Å²) in [4.78, 5) is 0. The normalized spacial score (nSPS) is 15.9. The molecule has 0 saturated heterocycles. The molecule has 0 unspecified atom stereocenters. The van der Waals surface area contributed by atoms with Crippen molar-refractivity contribution in [1.82, 2.24) is 0 Å². The number of hydrogen-bond acceptors (Lipinski definition) is 0. The molecule has 1 aliphatic carbocycles. The lowest BCUT2D eigenvalue weighted by Crippen LogP contribution is -2.26. The van der Waals surface area contributed by atoms with E-state index in [0.717, 1.165) is 0 Å². The van der Waals surface area contributed by atoms with E-state index in [4.69, 9.17) is 0 Å². The molecule has 3 aromatic rings. The van der Waals surface area contributed by atoms with Crippen LogP contribution in [0.3, 0.4) is 0 Å². The summed E-state index contributed by atoms with van der Waals surface area (Å²) in [6, 6.07) is 22.2. The first-order valence-corrected chi connectivity index (χ1v) is 10.4. The third kappa shape index (κ3) is 2.89. The molecule has 0 spiro atoms. The van der Waals surface area contributed by atoms with Crippen molar-refractivity contribution in [2.75, 3.05) is 0 Å². The predicted molar refractivity (Wildman–Crippen MR) is 125 cm³/mol. The first-order chi connectivity index (χ1) is 13.0. The maximum absolute atomic E-state index is 4.12. The Labute approximate surface area is 175 Å². The number of allylic oxidation sites excluding steroid dienone is 1. The van der Waals surface area contributed by atoms with Gasteiger partial charge >= 0.3 is 0 Å². The Bertz CT molecular complexity index is 1180. The molecule has 0 heterocycles. The summed E-state index contributed by atoms with van der Waals surface area (Å²) in [6.07, 6.45) is 4.15. The Morgan fingerprint density at radius 3 is 2.30 bits per heavy atom. The molecule has 1 heteroatoms. The molecule has 0 atom stereocenters. The largest absolute Gasteiger partial charge is 0.0984 e. The standard InChI is InChI=1S/C26H23I/c1-5-17-9-7-8-10-21(17)20(6-2)18-11-13-22-23-14-12-19(27)16-25(23)26(3,4)24(22)15-18/h5-16H,2H2,1,3-4H3/b17-5-,21-20+. The molecule has 0 N–H and O–H groups in total. The summed E-state index contributed by atoms with van der Waals surface area (Å²) in [5.74, 6) is 0. The minimum atomic E-state index is 0.00450. The van der Waals surface area contributed by atoms with Crippen molar-refractivity contribution in [2.24, 2.45) is 0 Å². The summed E-state index contributed by atoms with van der Waals surface area (Å²) in [5, 5.41) is 2.47. The SMILES string of the molecule is C=C/C(c1ccc2c(c1)C(C)(C)c1cc(I)ccc1-2)=c1/cccc/c1=C/C. The van der Waals surface area contributed by atoms with Gasteiger partial charge in [-0.3, -0.25) is 0 Å². The highest BCUT2D eigenvalue weighted by molar-refractivity contribution is 14.1. The zero-order valence-corrected chi connectivity index (χ0v) is 18.2. The molecule has 0 amide bonds. The molecule has 0 fully saturated rings. The van der Waals surface area contributed by atoms with Gasteiger partial charge in [-0.05, 0) is 91.5 Å². The lowest BCUT2D eigenvalue weighted by Gasteiger charge is -2.22. The fourth-order valence-electron chi connectivity index (χ4n) is 4.25. The summed E-state index contributed by atoms with van der Waals surface area (Å²) in [6.45, 7) is 10.9. The van der Waals surface area contributed by atoms with Crippen molar-refractivity contribution in [3.63, 3.8) is 0 Å². The fraction of sp³-hybridized carbons (Fsp3) is 0.154. The summed E-state index contributed by atoms with van der Waals surface area (Å²) >= 11 is 2.41. The van der Waals surface area contributed by atoms with Crippen LogP contribution in [0, 0.1) is 3.57 Å². The zero-order chi connectivity index (χ0) is 19.2. The van der Waals surface area contributed by atoms with E-state index in [9.17, 15) is 0 Å². The Morgan fingerprint density at radius 2 is 1.59 bits per heavy atom. The van der Waals surface area contributed by atoms with Gasteiger partial charge in [0, 0.05) is 8.99 Å². The third-order valence-corrected chi connectivity index (χ3v) is 6.39. The highest BCUT2D eigenvalue weighted by Gasteiger charge is 2.35. The summed E-state index contributed by atoms with van der Waals surface area (Å²) in [5.41, 5.74) is 7.96. The predicted octanol–water partition coefficient (Wildman–Crippen LogP) is 5.78. The van der Waals surface area contributed by atoms with Gasteiger partial charge in [-0.25, -0.2) is 0 Å². The van der Waals surface area contributed by atoms with E-state index in [1.165, 1.54) is 47.4 Å². The molecule has 3 aromatic carbocycles. The zero-order valence-electron chi connectivity index (χ0n) is 16.0. The van der Waals surface area contributed by atoms with Crippen LogP contribution in [0.4, 0.5) is 0 Å². The number of fused-ring (bicyclic) bond motifs is 3. The fourth-order valence-corrected chi connectivity index (χ4v) is 4.75. The van der Waals surface area contributed by atoms with Gasteiger partial charge in [0.25, 0.3) is 0 Å². The van der Waals surface area contributed by atoms with Gasteiger partial charge in [-0.1, -0.05) is 75.0 Å². The second-order valence-corrected chi connectivity index (χ2v) is 8.81. The van der Waals surface area contributed by atoms with Gasteiger partial charge in [-0.2, -0.15) is 0 Å². The van der Waals surface area contributed by atoms with Gasteiger partial charge in [0.15, 0.2) is 0 Å². The molecule has 0 saturated carbocycles. The van der Waals surface area contributed by atoms with Crippen molar-refractivity contribution < 1.29 is 0 Å². The van der Waals surface area contributed by atoms with E-state index in [2.05, 4.69) is 117 Å². The van der Waals surface area contributed by atoms with Crippen LogP contribution in [-0.4, -0.2) is 0 Å². The summed E-state index contributed by atoms with van der Waals surface area (Å²) < 4.78 is 1.29. The van der Waals surface area contributed by atoms with Crippen molar-refractivity contribution >= 4 is 34.2 Å². The lowest BCUT2D eigenvalue weighted by molar-refractivity contribution is 0.659. The maximum Gasteiger partial charge on any atom is 0.0159 e. The molecule has 0 aliphatic heterocycles. The van der Waals surface area contributed by atoms with E-state index < -0.39 is 0 Å². The minimum absolute atomic E-state index is 0.00450. The quantitative estimate of drug-likeness (QED) is 0.424. The Morgan fingerprint density at radius 1 is 0.926 bits per heavy atom. The van der Waals surface area contributed by atoms with Crippen molar-refractivity contribution in [1.29, 1.82) is 0 Å². The van der Waals surface area contributed by atoms with E-state index in [1.807, 2.05) is 6.08 Å². The molecule has 1 aliphatic rings. The Hall–Kier alpha value is -2.13. The molecule has 134 valence electrons.